The summed E-state index contributed by atoms with van der Waals surface area (Å²) >= 11 is 6.10. The van der Waals surface area contributed by atoms with Gasteiger partial charge in [-0.2, -0.15) is 5.10 Å². The molecule has 0 aliphatic carbocycles. The van der Waals surface area contributed by atoms with Gasteiger partial charge in [0, 0.05) is 39.1 Å². The first-order chi connectivity index (χ1) is 14.6. The summed E-state index contributed by atoms with van der Waals surface area (Å²) < 4.78 is 2.30. The van der Waals surface area contributed by atoms with E-state index in [0.29, 0.717) is 5.02 Å². The molecular formula is C24H23ClN4O. The number of fused-ring (bicyclic) bond motifs is 3. The minimum atomic E-state index is -0.228. The van der Waals surface area contributed by atoms with Crippen LogP contribution in [-0.4, -0.2) is 23.2 Å². The summed E-state index contributed by atoms with van der Waals surface area (Å²) in [7, 11) is 0. The van der Waals surface area contributed by atoms with Gasteiger partial charge < -0.3 is 9.88 Å². The summed E-state index contributed by atoms with van der Waals surface area (Å²) in [6.45, 7) is 5.08. The Morgan fingerprint density at radius 2 is 1.87 bits per heavy atom. The van der Waals surface area contributed by atoms with Gasteiger partial charge in [0.2, 0.25) is 0 Å². The topological polar surface area (TPSA) is 58.4 Å². The number of hydrazone groups is 1. The number of carbonyl (C=O) groups excluding carboxylic acids is 1. The van der Waals surface area contributed by atoms with Gasteiger partial charge >= 0.3 is 0 Å². The van der Waals surface area contributed by atoms with E-state index in [4.69, 9.17) is 11.6 Å². The zero-order valence-electron chi connectivity index (χ0n) is 16.9. The Labute approximate surface area is 180 Å². The van der Waals surface area contributed by atoms with Crippen molar-refractivity contribution in [2.24, 2.45) is 5.10 Å². The Kier molecular flexibility index (Phi) is 5.72. The first kappa shape index (κ1) is 20.0. The molecule has 0 spiro atoms. The van der Waals surface area contributed by atoms with Crippen LogP contribution in [0.15, 0.2) is 65.8 Å². The highest BCUT2D eigenvalue weighted by molar-refractivity contribution is 6.31. The van der Waals surface area contributed by atoms with Crippen LogP contribution in [-0.2, 0) is 11.3 Å². The van der Waals surface area contributed by atoms with Crippen molar-refractivity contribution < 1.29 is 4.79 Å². The molecule has 4 rings (SSSR count). The molecule has 1 heterocycles. The van der Waals surface area contributed by atoms with Crippen LogP contribution >= 0.6 is 11.6 Å². The number of anilines is 1. The van der Waals surface area contributed by atoms with E-state index in [1.54, 1.807) is 6.21 Å². The molecule has 0 saturated heterocycles. The normalized spacial score (nSPS) is 11.4. The van der Waals surface area contributed by atoms with Crippen LogP contribution in [0.2, 0.25) is 5.02 Å². The van der Waals surface area contributed by atoms with Crippen molar-refractivity contribution in [3.05, 3.63) is 76.8 Å². The molecule has 1 amide bonds. The molecule has 6 heteroatoms. The molecule has 0 aliphatic heterocycles. The molecule has 2 N–H and O–H groups in total. The number of aryl methyl sites for hydroxylation is 1. The number of nitrogens with zero attached hydrogens (tertiary/aromatic N) is 2. The number of nitrogens with one attached hydrogen (secondary N) is 2. The molecule has 3 aromatic carbocycles. The van der Waals surface area contributed by atoms with Crippen molar-refractivity contribution in [2.45, 2.75) is 20.4 Å². The molecular weight excluding hydrogens is 396 g/mol. The van der Waals surface area contributed by atoms with Crippen LogP contribution in [0.4, 0.5) is 5.69 Å². The van der Waals surface area contributed by atoms with Gasteiger partial charge in [-0.1, -0.05) is 41.9 Å². The number of amides is 1. The quantitative estimate of drug-likeness (QED) is 0.328. The lowest BCUT2D eigenvalue weighted by Crippen LogP contribution is -2.26. The van der Waals surface area contributed by atoms with Gasteiger partial charge in [-0.15, -0.1) is 0 Å². The molecule has 0 unspecified atom stereocenters. The molecule has 152 valence electrons. The van der Waals surface area contributed by atoms with E-state index in [0.717, 1.165) is 23.4 Å². The molecule has 0 saturated carbocycles. The van der Waals surface area contributed by atoms with E-state index >= 15 is 0 Å². The summed E-state index contributed by atoms with van der Waals surface area (Å²) in [6.07, 6.45) is 1.67. The first-order valence-corrected chi connectivity index (χ1v) is 10.3. The van der Waals surface area contributed by atoms with Crippen molar-refractivity contribution in [3.8, 4) is 0 Å². The van der Waals surface area contributed by atoms with E-state index in [1.165, 1.54) is 21.8 Å². The largest absolute Gasteiger partial charge is 0.376 e. The average molecular weight is 419 g/mol. The van der Waals surface area contributed by atoms with Crippen molar-refractivity contribution in [3.63, 3.8) is 0 Å². The van der Waals surface area contributed by atoms with E-state index in [2.05, 4.69) is 63.7 Å². The molecule has 0 radical (unpaired) electrons. The highest BCUT2D eigenvalue weighted by Gasteiger charge is 2.09. The van der Waals surface area contributed by atoms with E-state index < -0.39 is 0 Å². The molecule has 0 aliphatic rings. The van der Waals surface area contributed by atoms with Crippen LogP contribution < -0.4 is 10.7 Å². The number of benzene rings is 3. The van der Waals surface area contributed by atoms with Gasteiger partial charge in [0.05, 0.1) is 12.8 Å². The third kappa shape index (κ3) is 3.89. The van der Waals surface area contributed by atoms with Crippen LogP contribution in [0.3, 0.4) is 0 Å². The maximum Gasteiger partial charge on any atom is 0.259 e. The van der Waals surface area contributed by atoms with Crippen molar-refractivity contribution in [1.82, 2.24) is 9.99 Å². The van der Waals surface area contributed by atoms with Crippen LogP contribution in [0.25, 0.3) is 21.8 Å². The highest BCUT2D eigenvalue weighted by Crippen LogP contribution is 2.29. The lowest BCUT2D eigenvalue weighted by molar-refractivity contribution is -0.119. The van der Waals surface area contributed by atoms with E-state index in [-0.39, 0.29) is 12.5 Å². The van der Waals surface area contributed by atoms with E-state index in [9.17, 15) is 4.79 Å². The fourth-order valence-electron chi connectivity index (χ4n) is 3.69. The van der Waals surface area contributed by atoms with E-state index in [1.807, 2.05) is 31.2 Å². The number of para-hydroxylation sites is 1. The lowest BCUT2D eigenvalue weighted by Gasteiger charge is -2.09. The number of rotatable bonds is 6. The minimum Gasteiger partial charge on any atom is -0.376 e. The zero-order chi connectivity index (χ0) is 21.1. The fraction of sp³-hybridized carbons (Fsp3) is 0.167. The average Bonchev–Trinajstić information content (AvgIpc) is 3.08. The Balaban J connectivity index is 1.45. The smallest absolute Gasteiger partial charge is 0.259 e. The van der Waals surface area contributed by atoms with Gasteiger partial charge in [0.1, 0.15) is 0 Å². The maximum absolute atomic E-state index is 12.1. The lowest BCUT2D eigenvalue weighted by atomic mass is 10.1. The van der Waals surface area contributed by atoms with Crippen LogP contribution in [0.1, 0.15) is 18.1 Å². The summed E-state index contributed by atoms with van der Waals surface area (Å²) in [5.74, 6) is -0.228. The van der Waals surface area contributed by atoms with Gasteiger partial charge in [0.25, 0.3) is 5.91 Å². The SMILES string of the molecule is CCn1c2ccccc2c2cc(/C=N/NC(=O)CNc3cccc(Cl)c3C)ccc21. The van der Waals surface area contributed by atoms with Gasteiger partial charge in [-0.05, 0) is 55.3 Å². The summed E-state index contributed by atoms with van der Waals surface area (Å²) in [4.78, 5) is 12.1. The Morgan fingerprint density at radius 1 is 1.07 bits per heavy atom. The number of halogens is 1. The molecule has 0 bridgehead atoms. The number of aromatic nitrogens is 1. The molecule has 1 aromatic heterocycles. The monoisotopic (exact) mass is 418 g/mol. The predicted octanol–water partition coefficient (Wildman–Crippen LogP) is 5.34. The van der Waals surface area contributed by atoms with Gasteiger partial charge in [-0.25, -0.2) is 5.43 Å². The van der Waals surface area contributed by atoms with Crippen LogP contribution in [0, 0.1) is 6.92 Å². The van der Waals surface area contributed by atoms with Crippen LogP contribution in [0.5, 0.6) is 0 Å². The molecule has 4 aromatic rings. The Hall–Kier alpha value is -3.31. The van der Waals surface area contributed by atoms with Crippen molar-refractivity contribution in [1.29, 1.82) is 0 Å². The molecule has 0 fully saturated rings. The first-order valence-electron chi connectivity index (χ1n) is 9.90. The number of carbonyl (C=O) groups is 1. The van der Waals surface area contributed by atoms with Gasteiger partial charge in [0.15, 0.2) is 0 Å². The van der Waals surface area contributed by atoms with Crippen molar-refractivity contribution in [2.75, 3.05) is 11.9 Å². The van der Waals surface area contributed by atoms with Gasteiger partial charge in [-0.3, -0.25) is 4.79 Å². The maximum atomic E-state index is 12.1. The zero-order valence-corrected chi connectivity index (χ0v) is 17.7. The second-order valence-electron chi connectivity index (χ2n) is 7.10. The molecule has 30 heavy (non-hydrogen) atoms. The third-order valence-corrected chi connectivity index (χ3v) is 5.63. The number of hydrogen-bond donors (Lipinski definition) is 2. The summed E-state index contributed by atoms with van der Waals surface area (Å²) in [5, 5.41) is 10.3. The number of hydrogen-bond acceptors (Lipinski definition) is 3. The molecule has 0 atom stereocenters. The summed E-state index contributed by atoms with van der Waals surface area (Å²) in [5.41, 5.74) is 7.66. The molecule has 5 nitrogen and oxygen atoms in total. The standard InChI is InChI=1S/C24H23ClN4O/c1-3-29-22-10-5-4-7-18(22)19-13-17(11-12-23(19)29)14-27-28-24(30)15-26-21-9-6-8-20(25)16(21)2/h4-14,26H,3,15H2,1-2H3,(H,28,30)/b27-14+. The third-order valence-electron chi connectivity index (χ3n) is 5.22. The second kappa shape index (κ2) is 8.59. The van der Waals surface area contributed by atoms with Crippen molar-refractivity contribution >= 4 is 51.2 Å². The highest BCUT2D eigenvalue weighted by atomic mass is 35.5. The predicted molar refractivity (Wildman–Crippen MR) is 126 cm³/mol. The fourth-order valence-corrected chi connectivity index (χ4v) is 3.86. The second-order valence-corrected chi connectivity index (χ2v) is 7.50. The minimum absolute atomic E-state index is 0.113. The Bertz CT molecular complexity index is 1260. The summed E-state index contributed by atoms with van der Waals surface area (Å²) in [6, 6.07) is 20.2. The Morgan fingerprint density at radius 3 is 2.70 bits per heavy atom.